The predicted molar refractivity (Wildman–Crippen MR) is 92.7 cm³/mol. The van der Waals surface area contributed by atoms with Crippen LogP contribution in [0.1, 0.15) is 51.7 Å². The largest absolute Gasteiger partial charge is 0.309 e. The van der Waals surface area contributed by atoms with Crippen LogP contribution in [-0.4, -0.2) is 7.05 Å². The average molecular weight is 320 g/mol. The Morgan fingerprint density at radius 1 is 1.14 bits per heavy atom. The molecular formula is C18H22ClNS. The van der Waals surface area contributed by atoms with Crippen LogP contribution in [0.25, 0.3) is 0 Å². The highest BCUT2D eigenvalue weighted by atomic mass is 35.5. The average Bonchev–Trinajstić information content (AvgIpc) is 2.74. The van der Waals surface area contributed by atoms with E-state index in [1.165, 1.54) is 42.5 Å². The molecule has 112 valence electrons. The Kier molecular flexibility index (Phi) is 4.68. The standard InChI is InChI=1S/C18H22ClNS/c1-12-8-9-14(10-15(12)19)18(20-2)17-11-13-6-4-3-5-7-16(13)21-17/h8-11,18,20H,3-7H2,1-2H3. The molecule has 21 heavy (non-hydrogen) atoms. The second kappa shape index (κ2) is 6.51. The first-order valence-electron chi connectivity index (χ1n) is 7.74. The van der Waals surface area contributed by atoms with Crippen molar-refractivity contribution in [2.75, 3.05) is 7.05 Å². The van der Waals surface area contributed by atoms with Gasteiger partial charge in [0.05, 0.1) is 6.04 Å². The molecule has 0 radical (unpaired) electrons. The maximum atomic E-state index is 6.30. The summed E-state index contributed by atoms with van der Waals surface area (Å²) >= 11 is 8.28. The van der Waals surface area contributed by atoms with Gasteiger partial charge in [-0.15, -0.1) is 11.3 Å². The third-order valence-corrected chi connectivity index (χ3v) is 6.08. The van der Waals surface area contributed by atoms with Gasteiger partial charge in [0, 0.05) is 14.8 Å². The van der Waals surface area contributed by atoms with Gasteiger partial charge in [-0.2, -0.15) is 0 Å². The van der Waals surface area contributed by atoms with Crippen LogP contribution < -0.4 is 5.32 Å². The van der Waals surface area contributed by atoms with Crippen LogP contribution in [0.5, 0.6) is 0 Å². The van der Waals surface area contributed by atoms with Gasteiger partial charge in [-0.25, -0.2) is 0 Å². The minimum atomic E-state index is 0.250. The third kappa shape index (κ3) is 3.18. The van der Waals surface area contributed by atoms with Crippen LogP contribution in [0.3, 0.4) is 0 Å². The number of fused-ring (bicyclic) bond motifs is 1. The molecule has 1 aromatic heterocycles. The first kappa shape index (κ1) is 15.1. The Morgan fingerprint density at radius 3 is 2.71 bits per heavy atom. The molecular weight excluding hydrogens is 298 g/mol. The Bertz CT molecular complexity index is 609. The number of aryl methyl sites for hydroxylation is 3. The molecule has 1 aromatic carbocycles. The van der Waals surface area contributed by atoms with Crippen molar-refractivity contribution in [3.05, 3.63) is 55.7 Å². The molecule has 1 aliphatic carbocycles. The summed E-state index contributed by atoms with van der Waals surface area (Å²) in [5.74, 6) is 0. The number of benzene rings is 1. The number of rotatable bonds is 3. The van der Waals surface area contributed by atoms with Crippen molar-refractivity contribution in [3.63, 3.8) is 0 Å². The van der Waals surface area contributed by atoms with E-state index < -0.39 is 0 Å². The molecule has 0 spiro atoms. The minimum Gasteiger partial charge on any atom is -0.309 e. The van der Waals surface area contributed by atoms with Gasteiger partial charge in [0.15, 0.2) is 0 Å². The Hall–Kier alpha value is -0.830. The molecule has 1 N–H and O–H groups in total. The SMILES string of the molecule is CNC(c1ccc(C)c(Cl)c1)c1cc2c(s1)CCCCC2. The summed E-state index contributed by atoms with van der Waals surface area (Å²) in [4.78, 5) is 3.02. The highest BCUT2D eigenvalue weighted by Gasteiger charge is 2.19. The van der Waals surface area contributed by atoms with Gasteiger partial charge in [0.1, 0.15) is 0 Å². The van der Waals surface area contributed by atoms with Gasteiger partial charge in [-0.1, -0.05) is 30.2 Å². The van der Waals surface area contributed by atoms with Gasteiger partial charge >= 0.3 is 0 Å². The summed E-state index contributed by atoms with van der Waals surface area (Å²) in [5, 5.41) is 4.31. The summed E-state index contributed by atoms with van der Waals surface area (Å²) in [6.07, 6.45) is 6.55. The van der Waals surface area contributed by atoms with Gasteiger partial charge in [0.2, 0.25) is 0 Å². The molecule has 1 unspecified atom stereocenters. The van der Waals surface area contributed by atoms with Crippen molar-refractivity contribution in [1.29, 1.82) is 0 Å². The fourth-order valence-electron chi connectivity index (χ4n) is 3.09. The topological polar surface area (TPSA) is 12.0 Å². The number of hydrogen-bond donors (Lipinski definition) is 1. The lowest BCUT2D eigenvalue weighted by Crippen LogP contribution is -2.16. The highest BCUT2D eigenvalue weighted by molar-refractivity contribution is 7.12. The first-order valence-corrected chi connectivity index (χ1v) is 8.93. The predicted octanol–water partition coefficient (Wildman–Crippen LogP) is 5.29. The minimum absolute atomic E-state index is 0.250. The fraction of sp³-hybridized carbons (Fsp3) is 0.444. The molecule has 0 saturated carbocycles. The van der Waals surface area contributed by atoms with E-state index in [1.54, 1.807) is 10.4 Å². The molecule has 2 aromatic rings. The third-order valence-electron chi connectivity index (χ3n) is 4.37. The number of thiophene rings is 1. The molecule has 0 amide bonds. The Morgan fingerprint density at radius 2 is 1.95 bits per heavy atom. The zero-order valence-corrected chi connectivity index (χ0v) is 14.3. The second-order valence-electron chi connectivity index (χ2n) is 5.89. The van der Waals surface area contributed by atoms with E-state index in [9.17, 15) is 0 Å². The fourth-order valence-corrected chi connectivity index (χ4v) is 4.68. The van der Waals surface area contributed by atoms with E-state index >= 15 is 0 Å². The number of hydrogen-bond acceptors (Lipinski definition) is 2. The van der Waals surface area contributed by atoms with E-state index in [0.717, 1.165) is 10.6 Å². The molecule has 1 heterocycles. The summed E-state index contributed by atoms with van der Waals surface area (Å²) in [7, 11) is 2.03. The normalized spacial score (nSPS) is 16.3. The molecule has 1 aliphatic rings. The lowest BCUT2D eigenvalue weighted by atomic mass is 10.0. The zero-order valence-electron chi connectivity index (χ0n) is 12.7. The second-order valence-corrected chi connectivity index (χ2v) is 7.46. The summed E-state index contributed by atoms with van der Waals surface area (Å²) in [5.41, 5.74) is 3.97. The van der Waals surface area contributed by atoms with Crippen LogP contribution >= 0.6 is 22.9 Å². The van der Waals surface area contributed by atoms with E-state index in [0.29, 0.717) is 0 Å². The van der Waals surface area contributed by atoms with Gasteiger partial charge in [0.25, 0.3) is 0 Å². The van der Waals surface area contributed by atoms with E-state index in [-0.39, 0.29) is 6.04 Å². The summed E-state index contributed by atoms with van der Waals surface area (Å²) in [6, 6.07) is 9.07. The molecule has 0 bridgehead atoms. The Balaban J connectivity index is 1.94. The molecule has 1 nitrogen and oxygen atoms in total. The van der Waals surface area contributed by atoms with Crippen LogP contribution in [0, 0.1) is 6.92 Å². The van der Waals surface area contributed by atoms with Crippen LogP contribution in [0.15, 0.2) is 24.3 Å². The molecule has 1 atom stereocenters. The van der Waals surface area contributed by atoms with Gasteiger partial charge in [-0.05, 0) is 68.5 Å². The molecule has 3 heteroatoms. The van der Waals surface area contributed by atoms with Crippen molar-refractivity contribution in [3.8, 4) is 0 Å². The van der Waals surface area contributed by atoms with Crippen LogP contribution in [0.4, 0.5) is 0 Å². The lowest BCUT2D eigenvalue weighted by Gasteiger charge is -2.16. The first-order chi connectivity index (χ1) is 10.2. The number of nitrogens with one attached hydrogen (secondary N) is 1. The van der Waals surface area contributed by atoms with Crippen molar-refractivity contribution < 1.29 is 0 Å². The Labute approximate surface area is 136 Å². The van der Waals surface area contributed by atoms with Gasteiger partial charge in [-0.3, -0.25) is 0 Å². The zero-order chi connectivity index (χ0) is 14.8. The summed E-state index contributed by atoms with van der Waals surface area (Å²) in [6.45, 7) is 2.05. The quantitative estimate of drug-likeness (QED) is 0.758. The van der Waals surface area contributed by atoms with Crippen molar-refractivity contribution in [2.24, 2.45) is 0 Å². The van der Waals surface area contributed by atoms with Crippen LogP contribution in [-0.2, 0) is 12.8 Å². The van der Waals surface area contributed by atoms with E-state index in [1.807, 2.05) is 25.3 Å². The van der Waals surface area contributed by atoms with Crippen LogP contribution in [0.2, 0.25) is 5.02 Å². The monoisotopic (exact) mass is 319 g/mol. The van der Waals surface area contributed by atoms with Gasteiger partial charge < -0.3 is 5.32 Å². The van der Waals surface area contributed by atoms with Crippen molar-refractivity contribution >= 4 is 22.9 Å². The smallest absolute Gasteiger partial charge is 0.0669 e. The van der Waals surface area contributed by atoms with E-state index in [4.69, 9.17) is 11.6 Å². The maximum Gasteiger partial charge on any atom is 0.0669 e. The molecule has 0 fully saturated rings. The summed E-state index contributed by atoms with van der Waals surface area (Å²) < 4.78 is 0. The number of halogens is 1. The highest BCUT2D eigenvalue weighted by Crippen LogP contribution is 2.35. The molecule has 0 aliphatic heterocycles. The molecule has 3 rings (SSSR count). The maximum absolute atomic E-state index is 6.30. The van der Waals surface area contributed by atoms with E-state index in [2.05, 4.69) is 29.6 Å². The lowest BCUT2D eigenvalue weighted by molar-refractivity contribution is 0.698. The van der Waals surface area contributed by atoms with Crippen molar-refractivity contribution in [2.45, 2.75) is 45.1 Å². The molecule has 0 saturated heterocycles. The van der Waals surface area contributed by atoms with Crippen molar-refractivity contribution in [1.82, 2.24) is 5.32 Å².